The molecule has 2 heteroatoms. The molecule has 0 aliphatic rings. The molecule has 58 valence electrons. The van der Waals surface area contributed by atoms with Crippen LogP contribution in [0.5, 0.6) is 0 Å². The highest BCUT2D eigenvalue weighted by atomic mass is 16.5. The van der Waals surface area contributed by atoms with Gasteiger partial charge in [0.05, 0.1) is 7.11 Å². The van der Waals surface area contributed by atoms with Crippen LogP contribution in [-0.4, -0.2) is 13.7 Å². The quantitative estimate of drug-likeness (QED) is 0.477. The molecule has 0 rings (SSSR count). The van der Waals surface area contributed by atoms with Crippen LogP contribution in [0.25, 0.3) is 0 Å². The van der Waals surface area contributed by atoms with E-state index in [1.807, 2.05) is 26.0 Å². The van der Waals surface area contributed by atoms with Gasteiger partial charge in [0.25, 0.3) is 0 Å². The van der Waals surface area contributed by atoms with E-state index in [0.29, 0.717) is 6.54 Å². The van der Waals surface area contributed by atoms with Gasteiger partial charge < -0.3 is 10.5 Å². The van der Waals surface area contributed by atoms with E-state index in [1.165, 1.54) is 0 Å². The number of nitrogens with two attached hydrogens (primary N) is 1. The Labute approximate surface area is 62.4 Å². The molecule has 0 aromatic carbocycles. The van der Waals surface area contributed by atoms with Crippen molar-refractivity contribution < 1.29 is 4.74 Å². The van der Waals surface area contributed by atoms with E-state index in [1.54, 1.807) is 7.11 Å². The molecule has 2 nitrogen and oxygen atoms in total. The van der Waals surface area contributed by atoms with Crippen molar-refractivity contribution in [1.82, 2.24) is 0 Å². The minimum atomic E-state index is 0.584. The van der Waals surface area contributed by atoms with Crippen LogP contribution < -0.4 is 5.73 Å². The number of allylic oxidation sites excluding steroid dienone is 2. The number of rotatable bonds is 3. The molecule has 2 N–H and O–H groups in total. The van der Waals surface area contributed by atoms with Crippen molar-refractivity contribution >= 4 is 0 Å². The Hall–Kier alpha value is -0.760. The van der Waals surface area contributed by atoms with E-state index < -0.39 is 0 Å². The number of ether oxygens (including phenoxy) is 1. The van der Waals surface area contributed by atoms with Gasteiger partial charge in [0.15, 0.2) is 0 Å². The summed E-state index contributed by atoms with van der Waals surface area (Å²) in [4.78, 5) is 0. The highest BCUT2D eigenvalue weighted by Crippen LogP contribution is 2.00. The maximum absolute atomic E-state index is 5.38. The lowest BCUT2D eigenvalue weighted by molar-refractivity contribution is 0.305. The standard InChI is InChI=1S/C8H15NO/c1-4-8(10-3)5-7(2)6-9/h4-5H,6,9H2,1-3H3/b7-5-,8-4+. The van der Waals surface area contributed by atoms with Crippen LogP contribution in [0.4, 0.5) is 0 Å². The van der Waals surface area contributed by atoms with Crippen LogP contribution >= 0.6 is 0 Å². The zero-order valence-corrected chi connectivity index (χ0v) is 6.85. The largest absolute Gasteiger partial charge is 0.497 e. The Morgan fingerprint density at radius 1 is 1.60 bits per heavy atom. The fraction of sp³-hybridized carbons (Fsp3) is 0.500. The Balaban J connectivity index is 4.08. The fourth-order valence-corrected chi connectivity index (χ4v) is 0.562. The minimum Gasteiger partial charge on any atom is -0.497 e. The van der Waals surface area contributed by atoms with Crippen LogP contribution in [0.2, 0.25) is 0 Å². The highest BCUT2D eigenvalue weighted by molar-refractivity contribution is 5.17. The predicted molar refractivity (Wildman–Crippen MR) is 43.6 cm³/mol. The molecule has 0 aliphatic carbocycles. The van der Waals surface area contributed by atoms with Crippen LogP contribution in [0.15, 0.2) is 23.5 Å². The van der Waals surface area contributed by atoms with E-state index in [9.17, 15) is 0 Å². The molecule has 0 radical (unpaired) electrons. The van der Waals surface area contributed by atoms with E-state index in [0.717, 1.165) is 11.3 Å². The smallest absolute Gasteiger partial charge is 0.114 e. The molecule has 10 heavy (non-hydrogen) atoms. The monoisotopic (exact) mass is 141 g/mol. The first-order chi connectivity index (χ1) is 4.74. The third-order valence-electron chi connectivity index (χ3n) is 1.23. The van der Waals surface area contributed by atoms with Gasteiger partial charge in [0, 0.05) is 6.54 Å². The summed E-state index contributed by atoms with van der Waals surface area (Å²) in [5.41, 5.74) is 6.50. The molecule has 0 heterocycles. The lowest BCUT2D eigenvalue weighted by Crippen LogP contribution is -2.00. The maximum atomic E-state index is 5.38. The van der Waals surface area contributed by atoms with Gasteiger partial charge in [-0.05, 0) is 26.0 Å². The molecule has 0 atom stereocenters. The summed E-state index contributed by atoms with van der Waals surface area (Å²) in [6, 6.07) is 0. The predicted octanol–water partition coefficient (Wildman–Crippen LogP) is 1.44. The molecule has 0 saturated heterocycles. The van der Waals surface area contributed by atoms with Gasteiger partial charge in [-0.2, -0.15) is 0 Å². The zero-order valence-electron chi connectivity index (χ0n) is 6.85. The summed E-state index contributed by atoms with van der Waals surface area (Å²) >= 11 is 0. The summed E-state index contributed by atoms with van der Waals surface area (Å²) in [6.45, 7) is 4.49. The second kappa shape index (κ2) is 5.06. The third kappa shape index (κ3) is 3.30. The lowest BCUT2D eigenvalue weighted by atomic mass is 10.2. The first kappa shape index (κ1) is 9.24. The van der Waals surface area contributed by atoms with E-state index >= 15 is 0 Å². The van der Waals surface area contributed by atoms with Gasteiger partial charge in [0.1, 0.15) is 5.76 Å². The van der Waals surface area contributed by atoms with E-state index in [2.05, 4.69) is 0 Å². The normalized spacial score (nSPS) is 13.6. The van der Waals surface area contributed by atoms with Crippen LogP contribution in [0.1, 0.15) is 13.8 Å². The van der Waals surface area contributed by atoms with Crippen molar-refractivity contribution in [3.05, 3.63) is 23.5 Å². The van der Waals surface area contributed by atoms with E-state index in [-0.39, 0.29) is 0 Å². The molecule has 0 unspecified atom stereocenters. The lowest BCUT2D eigenvalue weighted by Gasteiger charge is -2.00. The average molecular weight is 141 g/mol. The van der Waals surface area contributed by atoms with Crippen LogP contribution in [0, 0.1) is 0 Å². The topological polar surface area (TPSA) is 35.2 Å². The van der Waals surface area contributed by atoms with Gasteiger partial charge in [0.2, 0.25) is 0 Å². The third-order valence-corrected chi connectivity index (χ3v) is 1.23. The van der Waals surface area contributed by atoms with Gasteiger partial charge in [-0.1, -0.05) is 5.57 Å². The Kier molecular flexibility index (Phi) is 4.67. The molecular formula is C8H15NO. The SMILES string of the molecule is C/C=C(\C=C(\C)CN)OC. The molecule has 0 aliphatic heterocycles. The first-order valence-electron chi connectivity index (χ1n) is 3.32. The Morgan fingerprint density at radius 3 is 2.50 bits per heavy atom. The molecule has 0 aromatic heterocycles. The van der Waals surface area contributed by atoms with Crippen molar-refractivity contribution in [3.8, 4) is 0 Å². The van der Waals surface area contributed by atoms with Gasteiger partial charge in [-0.25, -0.2) is 0 Å². The number of hydrogen-bond acceptors (Lipinski definition) is 2. The molecule has 0 aromatic rings. The summed E-state index contributed by atoms with van der Waals surface area (Å²) in [5, 5.41) is 0. The Bertz CT molecular complexity index is 147. The number of hydrogen-bond donors (Lipinski definition) is 1. The highest BCUT2D eigenvalue weighted by Gasteiger charge is 1.88. The number of methoxy groups -OCH3 is 1. The molecule has 0 spiro atoms. The van der Waals surface area contributed by atoms with Crippen molar-refractivity contribution in [1.29, 1.82) is 0 Å². The van der Waals surface area contributed by atoms with Crippen LogP contribution in [0.3, 0.4) is 0 Å². The second-order valence-corrected chi connectivity index (χ2v) is 2.09. The summed E-state index contributed by atoms with van der Waals surface area (Å²) < 4.78 is 5.00. The maximum Gasteiger partial charge on any atom is 0.114 e. The minimum absolute atomic E-state index is 0.584. The van der Waals surface area contributed by atoms with Gasteiger partial charge in [-0.15, -0.1) is 0 Å². The summed E-state index contributed by atoms with van der Waals surface area (Å²) in [6.07, 6.45) is 3.83. The molecule has 0 fully saturated rings. The van der Waals surface area contributed by atoms with Crippen LogP contribution in [-0.2, 0) is 4.74 Å². The second-order valence-electron chi connectivity index (χ2n) is 2.09. The van der Waals surface area contributed by atoms with Gasteiger partial charge in [-0.3, -0.25) is 0 Å². The summed E-state index contributed by atoms with van der Waals surface area (Å²) in [5.74, 6) is 0.864. The van der Waals surface area contributed by atoms with Crippen molar-refractivity contribution in [2.75, 3.05) is 13.7 Å². The first-order valence-corrected chi connectivity index (χ1v) is 3.32. The van der Waals surface area contributed by atoms with Crippen molar-refractivity contribution in [3.63, 3.8) is 0 Å². The molecular weight excluding hydrogens is 126 g/mol. The van der Waals surface area contributed by atoms with Crippen molar-refractivity contribution in [2.24, 2.45) is 5.73 Å². The molecule has 0 bridgehead atoms. The fourth-order valence-electron chi connectivity index (χ4n) is 0.562. The van der Waals surface area contributed by atoms with Gasteiger partial charge >= 0.3 is 0 Å². The summed E-state index contributed by atoms with van der Waals surface area (Å²) in [7, 11) is 1.65. The molecule has 0 saturated carbocycles. The van der Waals surface area contributed by atoms with Crippen molar-refractivity contribution in [2.45, 2.75) is 13.8 Å². The Morgan fingerprint density at radius 2 is 2.20 bits per heavy atom. The zero-order chi connectivity index (χ0) is 7.98. The molecule has 0 amide bonds. The van der Waals surface area contributed by atoms with E-state index in [4.69, 9.17) is 10.5 Å². The average Bonchev–Trinajstić information content (AvgIpc) is 1.99.